The smallest absolute Gasteiger partial charge is 0.305 e. The second-order valence-electron chi connectivity index (χ2n) is 5.62. The zero-order valence-electron chi connectivity index (χ0n) is 16.0. The Balaban J connectivity index is -0.000000114. The Bertz CT molecular complexity index is 302. The summed E-state index contributed by atoms with van der Waals surface area (Å²) < 4.78 is 4.43. The van der Waals surface area contributed by atoms with Crippen LogP contribution in [0, 0.1) is 22.0 Å². The number of thiol groups is 1. The fourth-order valence-corrected chi connectivity index (χ4v) is 0.698. The molecular formula is C16H36N2O4S. The molecule has 0 fully saturated rings. The number of nitrogens with zero attached hydrogens (tertiary/aromatic N) is 1. The van der Waals surface area contributed by atoms with Crippen molar-refractivity contribution in [1.29, 1.82) is 0 Å². The van der Waals surface area contributed by atoms with Crippen molar-refractivity contribution in [3.8, 4) is 0 Å². The molecule has 0 aliphatic carbocycles. The number of carbonyl (C=O) groups excluding carboxylic acids is 1. The van der Waals surface area contributed by atoms with Gasteiger partial charge in [-0.15, -0.1) is 12.6 Å². The number of esters is 1. The van der Waals surface area contributed by atoms with E-state index in [4.69, 9.17) is 5.73 Å². The number of methoxy groups -OCH3 is 1. The Morgan fingerprint density at radius 1 is 1.30 bits per heavy atom. The average molecular weight is 353 g/mol. The Hall–Kier alpha value is -1.08. The van der Waals surface area contributed by atoms with Gasteiger partial charge in [0.15, 0.2) is 0 Å². The van der Waals surface area contributed by atoms with Gasteiger partial charge < -0.3 is 10.5 Å². The van der Waals surface area contributed by atoms with Crippen LogP contribution in [0.15, 0.2) is 11.1 Å². The molecule has 0 amide bonds. The molecule has 0 heterocycles. The van der Waals surface area contributed by atoms with Gasteiger partial charge in [-0.1, -0.05) is 48.0 Å². The lowest BCUT2D eigenvalue weighted by Gasteiger charge is -2.04. The zero-order chi connectivity index (χ0) is 19.4. The first-order valence-electron chi connectivity index (χ1n) is 7.75. The summed E-state index contributed by atoms with van der Waals surface area (Å²) in [5.74, 6) is 0.880. The molecule has 1 atom stereocenters. The number of allylic oxidation sites excluding steroid dienone is 1. The summed E-state index contributed by atoms with van der Waals surface area (Å²) in [7, 11) is 1.38. The van der Waals surface area contributed by atoms with Gasteiger partial charge in [0.05, 0.1) is 12.0 Å². The van der Waals surface area contributed by atoms with E-state index in [1.165, 1.54) is 13.5 Å². The lowest BCUT2D eigenvalue weighted by atomic mass is 10.1. The highest BCUT2D eigenvalue weighted by molar-refractivity contribution is 7.84. The first-order valence-corrected chi connectivity index (χ1v) is 8.20. The highest BCUT2D eigenvalue weighted by atomic mass is 32.1. The number of nitro groups is 1. The third-order valence-electron chi connectivity index (χ3n) is 1.44. The van der Waals surface area contributed by atoms with Crippen molar-refractivity contribution >= 4 is 18.6 Å². The van der Waals surface area contributed by atoms with E-state index in [-0.39, 0.29) is 11.9 Å². The average Bonchev–Trinajstić information content (AvgIpc) is 2.37. The molecular weight excluding hydrogens is 316 g/mol. The SMILES string of the molecule is C/C(S)=C\[N+](=O)[O-].CC(C)C.CCC.COC(=O)CC(C)CN. The molecule has 0 aromatic rings. The number of hydrogen-bond donors (Lipinski definition) is 2. The van der Waals surface area contributed by atoms with Gasteiger partial charge >= 0.3 is 5.97 Å². The molecule has 0 radical (unpaired) electrons. The minimum absolute atomic E-state index is 0.187. The molecule has 140 valence electrons. The minimum Gasteiger partial charge on any atom is -0.469 e. The second-order valence-corrected chi connectivity index (χ2v) is 6.32. The fraction of sp³-hybridized carbons (Fsp3) is 0.812. The maximum absolute atomic E-state index is 10.5. The molecule has 0 aliphatic rings. The first-order chi connectivity index (χ1) is 10.5. The molecule has 7 heteroatoms. The van der Waals surface area contributed by atoms with Gasteiger partial charge in [0.1, 0.15) is 0 Å². The Labute approximate surface area is 147 Å². The van der Waals surface area contributed by atoms with Crippen LogP contribution in [0.3, 0.4) is 0 Å². The van der Waals surface area contributed by atoms with Crippen molar-refractivity contribution in [2.24, 2.45) is 17.6 Å². The Morgan fingerprint density at radius 3 is 1.78 bits per heavy atom. The highest BCUT2D eigenvalue weighted by Crippen LogP contribution is 1.98. The summed E-state index contributed by atoms with van der Waals surface area (Å²) in [4.78, 5) is 19.9. The van der Waals surface area contributed by atoms with E-state index in [1.807, 2.05) is 6.92 Å². The number of ether oxygens (including phenoxy) is 1. The van der Waals surface area contributed by atoms with Crippen molar-refractivity contribution in [2.75, 3.05) is 13.7 Å². The van der Waals surface area contributed by atoms with Crippen LogP contribution >= 0.6 is 12.6 Å². The van der Waals surface area contributed by atoms with Crippen LogP contribution < -0.4 is 5.73 Å². The van der Waals surface area contributed by atoms with Crippen LogP contribution in [0.2, 0.25) is 0 Å². The quantitative estimate of drug-likeness (QED) is 0.341. The summed E-state index contributed by atoms with van der Waals surface area (Å²) in [6.45, 7) is 14.7. The van der Waals surface area contributed by atoms with E-state index in [0.29, 0.717) is 17.9 Å². The Morgan fingerprint density at radius 2 is 1.65 bits per heavy atom. The van der Waals surface area contributed by atoms with E-state index in [0.717, 1.165) is 12.1 Å². The third-order valence-corrected chi connectivity index (χ3v) is 1.55. The normalized spacial score (nSPS) is 10.8. The van der Waals surface area contributed by atoms with E-state index in [1.54, 1.807) is 6.92 Å². The molecule has 0 rings (SSSR count). The van der Waals surface area contributed by atoms with Gasteiger partial charge in [0.25, 0.3) is 0 Å². The largest absolute Gasteiger partial charge is 0.469 e. The topological polar surface area (TPSA) is 95.5 Å². The monoisotopic (exact) mass is 352 g/mol. The van der Waals surface area contributed by atoms with Crippen LogP contribution in [0.25, 0.3) is 0 Å². The van der Waals surface area contributed by atoms with Gasteiger partial charge in [0, 0.05) is 11.3 Å². The lowest BCUT2D eigenvalue weighted by Crippen LogP contribution is -2.15. The predicted molar refractivity (Wildman–Crippen MR) is 101 cm³/mol. The van der Waals surface area contributed by atoms with Crippen LogP contribution in [0.1, 0.15) is 61.3 Å². The second kappa shape index (κ2) is 23.2. The fourth-order valence-electron chi connectivity index (χ4n) is 0.604. The van der Waals surface area contributed by atoms with E-state index in [2.05, 4.69) is 52.0 Å². The molecule has 0 saturated heterocycles. The molecule has 0 aromatic heterocycles. The number of hydrogen-bond acceptors (Lipinski definition) is 6. The van der Waals surface area contributed by atoms with E-state index >= 15 is 0 Å². The maximum atomic E-state index is 10.5. The van der Waals surface area contributed by atoms with Gasteiger partial charge in [-0.3, -0.25) is 14.9 Å². The molecule has 0 bridgehead atoms. The van der Waals surface area contributed by atoms with Crippen molar-refractivity contribution in [3.05, 3.63) is 21.2 Å². The van der Waals surface area contributed by atoms with Gasteiger partial charge in [-0.25, -0.2) is 0 Å². The van der Waals surface area contributed by atoms with Crippen molar-refractivity contribution < 1.29 is 14.5 Å². The minimum atomic E-state index is -0.539. The molecule has 0 saturated carbocycles. The standard InChI is InChI=1S/C6H13NO2.C4H10.C3H5NO2S.C3H8/c1-5(4-7)3-6(8)9-2;1-4(2)3;1-3(7)2-4(5)6;1-3-2/h5H,3-4,7H2,1-2H3;4H,1-3H3;2,7H,1H3;3H2,1-2H3/b;;3-2+;. The van der Waals surface area contributed by atoms with E-state index < -0.39 is 4.92 Å². The molecule has 0 spiro atoms. The van der Waals surface area contributed by atoms with Gasteiger partial charge in [-0.05, 0) is 25.3 Å². The van der Waals surface area contributed by atoms with Crippen LogP contribution in [0.5, 0.6) is 0 Å². The molecule has 23 heavy (non-hydrogen) atoms. The summed E-state index contributed by atoms with van der Waals surface area (Å²) in [6.07, 6.45) is 2.51. The highest BCUT2D eigenvalue weighted by Gasteiger charge is 2.05. The molecule has 2 N–H and O–H groups in total. The summed E-state index contributed by atoms with van der Waals surface area (Å²) in [5, 5.41) is 9.49. The number of carbonyl (C=O) groups is 1. The number of nitrogens with two attached hydrogens (primary N) is 1. The van der Waals surface area contributed by atoms with Crippen LogP contribution in [0.4, 0.5) is 0 Å². The van der Waals surface area contributed by atoms with Crippen molar-refractivity contribution in [2.45, 2.75) is 61.3 Å². The van der Waals surface area contributed by atoms with Gasteiger partial charge in [0.2, 0.25) is 6.20 Å². The Kier molecular flexibility index (Phi) is 30.1. The van der Waals surface area contributed by atoms with Crippen LogP contribution in [-0.4, -0.2) is 24.5 Å². The summed E-state index contributed by atoms with van der Waals surface area (Å²) in [6, 6.07) is 0. The van der Waals surface area contributed by atoms with E-state index in [9.17, 15) is 14.9 Å². The molecule has 0 aliphatic heterocycles. The predicted octanol–water partition coefficient (Wildman–Crippen LogP) is 4.28. The first kappa shape index (κ1) is 29.9. The van der Waals surface area contributed by atoms with Gasteiger partial charge in [-0.2, -0.15) is 0 Å². The number of rotatable bonds is 4. The maximum Gasteiger partial charge on any atom is 0.305 e. The van der Waals surface area contributed by atoms with Crippen molar-refractivity contribution in [3.63, 3.8) is 0 Å². The lowest BCUT2D eigenvalue weighted by molar-refractivity contribution is -0.402. The van der Waals surface area contributed by atoms with Crippen molar-refractivity contribution in [1.82, 2.24) is 0 Å². The zero-order valence-corrected chi connectivity index (χ0v) is 16.9. The summed E-state index contributed by atoms with van der Waals surface area (Å²) >= 11 is 3.66. The molecule has 1 unspecified atom stereocenters. The molecule has 6 nitrogen and oxygen atoms in total. The van der Waals surface area contributed by atoms with Crippen LogP contribution in [-0.2, 0) is 9.53 Å². The summed E-state index contributed by atoms with van der Waals surface area (Å²) in [5.41, 5.74) is 5.27. The third kappa shape index (κ3) is 62.8. The molecule has 0 aromatic carbocycles.